The highest BCUT2D eigenvalue weighted by atomic mass is 32.1. The van der Waals surface area contributed by atoms with Crippen LogP contribution in [-0.2, 0) is 12.1 Å². The number of hydrogen-bond donors (Lipinski definition) is 1. The van der Waals surface area contributed by atoms with E-state index in [1.165, 1.54) is 10.4 Å². The highest BCUT2D eigenvalue weighted by Gasteiger charge is 2.39. The molecule has 1 aliphatic rings. The van der Waals surface area contributed by atoms with Crippen molar-refractivity contribution in [2.24, 2.45) is 10.7 Å². The Kier molecular flexibility index (Phi) is 2.98. The minimum Gasteiger partial charge on any atom is -0.370 e. The van der Waals surface area contributed by atoms with Gasteiger partial charge < -0.3 is 10.6 Å². The molecule has 0 radical (unpaired) electrons. The second-order valence-electron chi connectivity index (χ2n) is 4.85. The van der Waals surface area contributed by atoms with Gasteiger partial charge in [0, 0.05) is 17.3 Å². The van der Waals surface area contributed by atoms with Gasteiger partial charge in [-0.1, -0.05) is 6.07 Å². The second-order valence-corrected chi connectivity index (χ2v) is 5.88. The quantitative estimate of drug-likeness (QED) is 0.932. The summed E-state index contributed by atoms with van der Waals surface area (Å²) in [5.41, 5.74) is 7.09. The van der Waals surface area contributed by atoms with Crippen LogP contribution in [-0.4, -0.2) is 22.4 Å². The molecule has 1 unspecified atom stereocenters. The van der Waals surface area contributed by atoms with E-state index >= 15 is 0 Å². The molecule has 0 aliphatic carbocycles. The molecule has 3 rings (SSSR count). The number of guanidine groups is 1. The van der Waals surface area contributed by atoms with Gasteiger partial charge in [0.05, 0.1) is 18.6 Å². The van der Waals surface area contributed by atoms with Crippen LogP contribution in [0.4, 0.5) is 0 Å². The molecule has 98 valence electrons. The standard InChI is InChI=1S/C14H16N4S/c1-14(11-4-6-16-7-5-11)10-17-13(15)18(14)9-12-3-2-8-19-12/h2-8H,9-10H2,1H3,(H2,15,17). The number of nitrogens with zero attached hydrogens (tertiary/aromatic N) is 3. The number of aliphatic imine (C=N–C) groups is 1. The lowest BCUT2D eigenvalue weighted by molar-refractivity contribution is 0.219. The third-order valence-corrected chi connectivity index (χ3v) is 4.48. The average molecular weight is 272 g/mol. The fraction of sp³-hybridized carbons (Fsp3) is 0.286. The molecule has 0 saturated heterocycles. The van der Waals surface area contributed by atoms with E-state index in [4.69, 9.17) is 5.73 Å². The maximum Gasteiger partial charge on any atom is 0.192 e. The Bertz CT molecular complexity index is 579. The Hall–Kier alpha value is -1.88. The molecule has 0 aromatic carbocycles. The van der Waals surface area contributed by atoms with Crippen LogP contribution < -0.4 is 5.73 Å². The summed E-state index contributed by atoms with van der Waals surface area (Å²) in [5, 5.41) is 2.09. The molecule has 2 aromatic rings. The first-order valence-electron chi connectivity index (χ1n) is 6.20. The molecule has 4 nitrogen and oxygen atoms in total. The van der Waals surface area contributed by atoms with Crippen LogP contribution in [0.5, 0.6) is 0 Å². The van der Waals surface area contributed by atoms with Crippen LogP contribution in [0.15, 0.2) is 47.0 Å². The monoisotopic (exact) mass is 272 g/mol. The summed E-state index contributed by atoms with van der Waals surface area (Å²) in [5.74, 6) is 0.618. The van der Waals surface area contributed by atoms with Gasteiger partial charge in [0.2, 0.25) is 0 Å². The molecule has 2 N–H and O–H groups in total. The lowest BCUT2D eigenvalue weighted by atomic mass is 9.92. The number of thiophene rings is 1. The molecular formula is C14H16N4S. The van der Waals surface area contributed by atoms with Crippen LogP contribution in [0.3, 0.4) is 0 Å². The zero-order valence-corrected chi connectivity index (χ0v) is 11.6. The zero-order chi connectivity index (χ0) is 13.3. The lowest BCUT2D eigenvalue weighted by Gasteiger charge is -2.36. The number of rotatable bonds is 3. The van der Waals surface area contributed by atoms with Gasteiger partial charge in [0.15, 0.2) is 5.96 Å². The van der Waals surface area contributed by atoms with Gasteiger partial charge in [-0.2, -0.15) is 0 Å². The minimum absolute atomic E-state index is 0.184. The van der Waals surface area contributed by atoms with Crippen LogP contribution in [0.2, 0.25) is 0 Å². The molecule has 19 heavy (non-hydrogen) atoms. The van der Waals surface area contributed by atoms with Crippen LogP contribution in [0.25, 0.3) is 0 Å². The summed E-state index contributed by atoms with van der Waals surface area (Å²) in [6, 6.07) is 8.27. The van der Waals surface area contributed by atoms with Crippen molar-refractivity contribution < 1.29 is 0 Å². The van der Waals surface area contributed by atoms with Crippen molar-refractivity contribution in [2.45, 2.75) is 19.0 Å². The van der Waals surface area contributed by atoms with Crippen molar-refractivity contribution in [1.82, 2.24) is 9.88 Å². The highest BCUT2D eigenvalue weighted by molar-refractivity contribution is 7.09. The van der Waals surface area contributed by atoms with Gasteiger partial charge in [-0.3, -0.25) is 9.98 Å². The van der Waals surface area contributed by atoms with E-state index in [2.05, 4.69) is 39.3 Å². The van der Waals surface area contributed by atoms with Crippen molar-refractivity contribution in [3.8, 4) is 0 Å². The van der Waals surface area contributed by atoms with Crippen LogP contribution in [0.1, 0.15) is 17.4 Å². The molecule has 0 bridgehead atoms. The van der Waals surface area contributed by atoms with Crippen molar-refractivity contribution in [3.63, 3.8) is 0 Å². The Balaban J connectivity index is 1.93. The highest BCUT2D eigenvalue weighted by Crippen LogP contribution is 2.34. The Morgan fingerprint density at radius 2 is 2.16 bits per heavy atom. The lowest BCUT2D eigenvalue weighted by Crippen LogP contribution is -2.46. The second kappa shape index (κ2) is 4.66. The van der Waals surface area contributed by atoms with E-state index in [1.807, 2.05) is 24.5 Å². The van der Waals surface area contributed by atoms with Crippen molar-refractivity contribution in [3.05, 3.63) is 52.5 Å². The smallest absolute Gasteiger partial charge is 0.192 e. The molecule has 0 fully saturated rings. The van der Waals surface area contributed by atoms with Gasteiger partial charge in [-0.15, -0.1) is 11.3 Å². The van der Waals surface area contributed by atoms with Crippen molar-refractivity contribution in [1.29, 1.82) is 0 Å². The maximum atomic E-state index is 6.07. The van der Waals surface area contributed by atoms with E-state index in [1.54, 1.807) is 11.3 Å². The summed E-state index contributed by atoms with van der Waals surface area (Å²) in [6.45, 7) is 3.67. The Morgan fingerprint density at radius 3 is 2.84 bits per heavy atom. The van der Waals surface area contributed by atoms with Gasteiger partial charge in [-0.05, 0) is 36.1 Å². The van der Waals surface area contributed by atoms with Crippen molar-refractivity contribution in [2.75, 3.05) is 6.54 Å². The molecule has 3 heterocycles. The fourth-order valence-corrected chi connectivity index (χ4v) is 3.12. The van der Waals surface area contributed by atoms with E-state index in [0.717, 1.165) is 6.54 Å². The topological polar surface area (TPSA) is 54.5 Å². The predicted molar refractivity (Wildman–Crippen MR) is 77.9 cm³/mol. The number of nitrogens with two attached hydrogens (primary N) is 1. The number of pyridine rings is 1. The first kappa shape index (κ1) is 12.2. The van der Waals surface area contributed by atoms with E-state index in [0.29, 0.717) is 12.5 Å². The predicted octanol–water partition coefficient (Wildman–Crippen LogP) is 2.19. The van der Waals surface area contributed by atoms with E-state index < -0.39 is 0 Å². The Labute approximate surface area is 116 Å². The summed E-state index contributed by atoms with van der Waals surface area (Å²) in [6.07, 6.45) is 3.64. The van der Waals surface area contributed by atoms with E-state index in [-0.39, 0.29) is 5.54 Å². The van der Waals surface area contributed by atoms with Gasteiger partial charge >= 0.3 is 0 Å². The van der Waals surface area contributed by atoms with Crippen molar-refractivity contribution >= 4 is 17.3 Å². The third-order valence-electron chi connectivity index (χ3n) is 3.62. The van der Waals surface area contributed by atoms with E-state index in [9.17, 15) is 0 Å². The average Bonchev–Trinajstić information content (AvgIpc) is 3.04. The largest absolute Gasteiger partial charge is 0.370 e. The molecule has 0 saturated carbocycles. The summed E-state index contributed by atoms with van der Waals surface area (Å²) in [4.78, 5) is 12.0. The normalized spacial score (nSPS) is 22.6. The SMILES string of the molecule is CC1(c2ccncc2)CN=C(N)N1Cc1cccs1. The molecule has 1 atom stereocenters. The maximum absolute atomic E-state index is 6.07. The summed E-state index contributed by atoms with van der Waals surface area (Å²) in [7, 11) is 0. The van der Waals surface area contributed by atoms with Gasteiger partial charge in [0.1, 0.15) is 0 Å². The van der Waals surface area contributed by atoms with Crippen LogP contribution in [0, 0.1) is 0 Å². The van der Waals surface area contributed by atoms with Gasteiger partial charge in [-0.25, -0.2) is 0 Å². The number of aromatic nitrogens is 1. The zero-order valence-electron chi connectivity index (χ0n) is 10.8. The van der Waals surface area contributed by atoms with Crippen LogP contribution >= 0.6 is 11.3 Å². The molecule has 2 aromatic heterocycles. The summed E-state index contributed by atoms with van der Waals surface area (Å²) < 4.78 is 0. The molecule has 1 aliphatic heterocycles. The van der Waals surface area contributed by atoms with Gasteiger partial charge in [0.25, 0.3) is 0 Å². The molecule has 5 heteroatoms. The molecular weight excluding hydrogens is 256 g/mol. The minimum atomic E-state index is -0.184. The Morgan fingerprint density at radius 1 is 1.37 bits per heavy atom. The first-order chi connectivity index (χ1) is 9.20. The fourth-order valence-electron chi connectivity index (χ4n) is 2.43. The molecule has 0 spiro atoms. The first-order valence-corrected chi connectivity index (χ1v) is 7.08. The third kappa shape index (κ3) is 2.10. The number of hydrogen-bond acceptors (Lipinski definition) is 5. The summed E-state index contributed by atoms with van der Waals surface area (Å²) >= 11 is 1.74. The molecule has 0 amide bonds.